The highest BCUT2D eigenvalue weighted by molar-refractivity contribution is 5.09. The highest BCUT2D eigenvalue weighted by atomic mass is 16.5. The fourth-order valence-corrected chi connectivity index (χ4v) is 4.84. The molecule has 3 heterocycles. The predicted octanol–water partition coefficient (Wildman–Crippen LogP) is 3.16. The van der Waals surface area contributed by atoms with Gasteiger partial charge in [-0.05, 0) is 61.1 Å². The van der Waals surface area contributed by atoms with Gasteiger partial charge in [0, 0.05) is 51.0 Å². The number of aromatic nitrogens is 3. The van der Waals surface area contributed by atoms with Crippen molar-refractivity contribution in [2.75, 3.05) is 19.7 Å². The van der Waals surface area contributed by atoms with E-state index in [2.05, 4.69) is 31.9 Å². The Morgan fingerprint density at radius 2 is 1.96 bits per heavy atom. The van der Waals surface area contributed by atoms with Gasteiger partial charge in [0.2, 0.25) is 0 Å². The highest BCUT2D eigenvalue weighted by Gasteiger charge is 2.43. The maximum Gasteiger partial charge on any atom is 0.0802 e. The van der Waals surface area contributed by atoms with Gasteiger partial charge in [0.1, 0.15) is 0 Å². The Morgan fingerprint density at radius 1 is 1.08 bits per heavy atom. The molecule has 0 radical (unpaired) electrons. The van der Waals surface area contributed by atoms with Crippen LogP contribution in [0.25, 0.3) is 0 Å². The Hall–Kier alpha value is -1.72. The number of likely N-dealkylation sites (tertiary alicyclic amines) is 1. The minimum absolute atomic E-state index is 0.315. The molecular formula is C21H28N4O. The summed E-state index contributed by atoms with van der Waals surface area (Å²) in [6.07, 6.45) is 13.2. The van der Waals surface area contributed by atoms with Crippen molar-refractivity contribution in [1.29, 1.82) is 0 Å². The minimum Gasteiger partial charge on any atom is -0.376 e. The summed E-state index contributed by atoms with van der Waals surface area (Å²) in [7, 11) is 0. The third-order valence-corrected chi connectivity index (χ3v) is 6.40. The average Bonchev–Trinajstić information content (AvgIpc) is 3.16. The standard InChI is InChI=1S/C21H28N4O/c1-3-17(11-22-6-1)12-24-13-18-9-20(25-8-2-7-23-25)21(10-19(18)14-24)26-15-16-4-5-16/h1-3,6-8,11,16,18-21H,4-5,9-10,12-15H2/t18-,19+,20-,21-/m0/s1. The molecule has 3 aliphatic rings. The molecule has 0 N–H and O–H groups in total. The summed E-state index contributed by atoms with van der Waals surface area (Å²) in [5, 5.41) is 4.55. The number of rotatable bonds is 6. The second-order valence-electron chi connectivity index (χ2n) is 8.42. The lowest BCUT2D eigenvalue weighted by Crippen LogP contribution is -2.38. The van der Waals surface area contributed by atoms with Gasteiger partial charge in [-0.15, -0.1) is 0 Å². The normalized spacial score (nSPS) is 31.8. The number of hydrogen-bond acceptors (Lipinski definition) is 4. The first-order valence-corrected chi connectivity index (χ1v) is 10.1. The van der Waals surface area contributed by atoms with E-state index >= 15 is 0 Å². The van der Waals surface area contributed by atoms with Gasteiger partial charge in [0.05, 0.1) is 12.1 Å². The van der Waals surface area contributed by atoms with Gasteiger partial charge >= 0.3 is 0 Å². The lowest BCUT2D eigenvalue weighted by Gasteiger charge is -2.38. The second-order valence-corrected chi connectivity index (χ2v) is 8.42. The SMILES string of the molecule is c1cncc(CN2C[C@H]3C[C@H](OCC4CC4)[C@@H](n4cccn4)C[C@H]3C2)c1. The first kappa shape index (κ1) is 16.5. The summed E-state index contributed by atoms with van der Waals surface area (Å²) in [5.41, 5.74) is 1.32. The molecule has 4 atom stereocenters. The number of ether oxygens (including phenoxy) is 1. The van der Waals surface area contributed by atoms with Crippen molar-refractivity contribution in [3.8, 4) is 0 Å². The number of hydrogen-bond donors (Lipinski definition) is 0. The van der Waals surface area contributed by atoms with Gasteiger partial charge in [-0.25, -0.2) is 0 Å². The van der Waals surface area contributed by atoms with Gasteiger partial charge in [-0.3, -0.25) is 14.6 Å². The topological polar surface area (TPSA) is 43.2 Å². The van der Waals surface area contributed by atoms with Crippen molar-refractivity contribution in [2.45, 2.75) is 44.4 Å². The fourth-order valence-electron chi connectivity index (χ4n) is 4.84. The Morgan fingerprint density at radius 3 is 2.69 bits per heavy atom. The average molecular weight is 352 g/mol. The van der Waals surface area contributed by atoms with E-state index in [9.17, 15) is 0 Å². The van der Waals surface area contributed by atoms with Crippen LogP contribution in [0.4, 0.5) is 0 Å². The summed E-state index contributed by atoms with van der Waals surface area (Å²) in [4.78, 5) is 6.87. The molecule has 0 bridgehead atoms. The second kappa shape index (κ2) is 7.12. The molecular weight excluding hydrogens is 324 g/mol. The van der Waals surface area contributed by atoms with E-state index < -0.39 is 0 Å². The van der Waals surface area contributed by atoms with Crippen LogP contribution in [0.2, 0.25) is 0 Å². The van der Waals surface area contributed by atoms with E-state index in [1.807, 2.05) is 30.7 Å². The third kappa shape index (κ3) is 3.55. The summed E-state index contributed by atoms with van der Waals surface area (Å²) in [6, 6.07) is 6.65. The van der Waals surface area contributed by atoms with Crippen LogP contribution >= 0.6 is 0 Å². The maximum atomic E-state index is 6.42. The van der Waals surface area contributed by atoms with E-state index in [1.54, 1.807) is 0 Å². The van der Waals surface area contributed by atoms with Crippen LogP contribution in [0.15, 0.2) is 43.0 Å². The lowest BCUT2D eigenvalue weighted by atomic mass is 9.77. The van der Waals surface area contributed by atoms with Gasteiger partial charge in [-0.1, -0.05) is 6.07 Å². The van der Waals surface area contributed by atoms with E-state index in [0.717, 1.165) is 30.9 Å². The summed E-state index contributed by atoms with van der Waals surface area (Å²) >= 11 is 0. The Kier molecular flexibility index (Phi) is 4.51. The van der Waals surface area contributed by atoms with Crippen LogP contribution in [-0.2, 0) is 11.3 Å². The van der Waals surface area contributed by atoms with Gasteiger partial charge in [0.25, 0.3) is 0 Å². The third-order valence-electron chi connectivity index (χ3n) is 6.40. The van der Waals surface area contributed by atoms with Crippen LogP contribution in [0, 0.1) is 17.8 Å². The molecule has 1 aliphatic heterocycles. The van der Waals surface area contributed by atoms with Crippen molar-refractivity contribution in [2.24, 2.45) is 17.8 Å². The minimum atomic E-state index is 0.315. The van der Waals surface area contributed by atoms with Crippen LogP contribution < -0.4 is 0 Å². The molecule has 0 unspecified atom stereocenters. The van der Waals surface area contributed by atoms with Crippen LogP contribution in [0.3, 0.4) is 0 Å². The molecule has 0 aromatic carbocycles. The maximum absolute atomic E-state index is 6.42. The zero-order chi connectivity index (χ0) is 17.3. The van der Waals surface area contributed by atoms with E-state index in [1.165, 1.54) is 44.3 Å². The van der Waals surface area contributed by atoms with Crippen molar-refractivity contribution in [3.63, 3.8) is 0 Å². The largest absolute Gasteiger partial charge is 0.376 e. The number of fused-ring (bicyclic) bond motifs is 1. The van der Waals surface area contributed by atoms with Gasteiger partial charge in [-0.2, -0.15) is 5.10 Å². The van der Waals surface area contributed by atoms with Gasteiger partial charge in [0.15, 0.2) is 0 Å². The van der Waals surface area contributed by atoms with Crippen LogP contribution in [-0.4, -0.2) is 45.5 Å². The number of nitrogens with zero attached hydrogens (tertiary/aromatic N) is 4. The lowest BCUT2D eigenvalue weighted by molar-refractivity contribution is -0.0371. The summed E-state index contributed by atoms with van der Waals surface area (Å²) in [5.74, 6) is 2.32. The van der Waals surface area contributed by atoms with Crippen LogP contribution in [0.5, 0.6) is 0 Å². The molecule has 2 aliphatic carbocycles. The molecule has 26 heavy (non-hydrogen) atoms. The first-order chi connectivity index (χ1) is 12.8. The molecule has 3 fully saturated rings. The van der Waals surface area contributed by atoms with E-state index in [0.29, 0.717) is 12.1 Å². The van der Waals surface area contributed by atoms with Crippen molar-refractivity contribution in [3.05, 3.63) is 48.5 Å². The zero-order valence-corrected chi connectivity index (χ0v) is 15.3. The quantitative estimate of drug-likeness (QED) is 0.801. The molecule has 2 aromatic heterocycles. The Labute approximate surface area is 155 Å². The smallest absolute Gasteiger partial charge is 0.0802 e. The van der Waals surface area contributed by atoms with E-state index in [4.69, 9.17) is 4.74 Å². The molecule has 1 saturated heterocycles. The first-order valence-electron chi connectivity index (χ1n) is 10.1. The van der Waals surface area contributed by atoms with E-state index in [-0.39, 0.29) is 0 Å². The molecule has 2 saturated carbocycles. The monoisotopic (exact) mass is 352 g/mol. The van der Waals surface area contributed by atoms with Crippen LogP contribution in [0.1, 0.15) is 37.3 Å². The molecule has 5 rings (SSSR count). The molecule has 2 aromatic rings. The molecule has 138 valence electrons. The Bertz CT molecular complexity index is 700. The van der Waals surface area contributed by atoms with Crippen molar-refractivity contribution in [1.82, 2.24) is 19.7 Å². The van der Waals surface area contributed by atoms with Gasteiger partial charge < -0.3 is 4.74 Å². The summed E-state index contributed by atoms with van der Waals surface area (Å²) < 4.78 is 8.57. The summed E-state index contributed by atoms with van der Waals surface area (Å²) in [6.45, 7) is 4.33. The predicted molar refractivity (Wildman–Crippen MR) is 99.5 cm³/mol. The molecule has 5 nitrogen and oxygen atoms in total. The zero-order valence-electron chi connectivity index (χ0n) is 15.3. The fraction of sp³-hybridized carbons (Fsp3) is 0.619. The molecule has 0 amide bonds. The highest BCUT2D eigenvalue weighted by Crippen LogP contribution is 2.43. The van der Waals surface area contributed by atoms with Crippen molar-refractivity contribution >= 4 is 0 Å². The molecule has 5 heteroatoms. The number of pyridine rings is 1. The Balaban J connectivity index is 1.27. The van der Waals surface area contributed by atoms with Crippen molar-refractivity contribution < 1.29 is 4.74 Å². The molecule has 0 spiro atoms.